The zero-order valence-electron chi connectivity index (χ0n) is 22.3. The molecule has 1 heterocycles. The van der Waals surface area contributed by atoms with Crippen molar-refractivity contribution in [2.45, 2.75) is 79.2 Å². The lowest BCUT2D eigenvalue weighted by molar-refractivity contribution is -0.174. The average Bonchev–Trinajstić information content (AvgIpc) is 3.34. The first kappa shape index (κ1) is 24.6. The van der Waals surface area contributed by atoms with E-state index < -0.39 is 34.6 Å². The van der Waals surface area contributed by atoms with Crippen LogP contribution in [0.25, 0.3) is 0 Å². The van der Waals surface area contributed by atoms with Gasteiger partial charge in [0.2, 0.25) is 0 Å². The summed E-state index contributed by atoms with van der Waals surface area (Å²) in [5, 5.41) is 0. The van der Waals surface area contributed by atoms with Crippen LogP contribution in [0.2, 0.25) is 0 Å². The van der Waals surface area contributed by atoms with Crippen LogP contribution in [-0.4, -0.2) is 30.0 Å². The number of hydrogen-bond acceptors (Lipinski definition) is 7. The lowest BCUT2D eigenvalue weighted by Crippen LogP contribution is -2.68. The molecule has 9 atom stereocenters. The first-order chi connectivity index (χ1) is 17.4. The van der Waals surface area contributed by atoms with E-state index in [4.69, 9.17) is 14.2 Å². The van der Waals surface area contributed by atoms with Crippen LogP contribution in [0.5, 0.6) is 0 Å². The van der Waals surface area contributed by atoms with E-state index in [2.05, 4.69) is 32.1 Å². The Balaban J connectivity index is 1.50. The number of carbonyl (C=O) groups excluding carboxylic acids is 4. The molecule has 0 aromatic rings. The van der Waals surface area contributed by atoms with Gasteiger partial charge in [0, 0.05) is 24.7 Å². The van der Waals surface area contributed by atoms with Crippen molar-refractivity contribution in [1.82, 2.24) is 0 Å². The Morgan fingerprint density at radius 2 is 1.73 bits per heavy atom. The minimum atomic E-state index is -0.621. The molecule has 4 fully saturated rings. The van der Waals surface area contributed by atoms with Crippen molar-refractivity contribution >= 4 is 23.9 Å². The number of fused-ring (bicyclic) bond motifs is 1. The van der Waals surface area contributed by atoms with E-state index in [-0.39, 0.29) is 40.7 Å². The van der Waals surface area contributed by atoms with Crippen molar-refractivity contribution in [2.75, 3.05) is 0 Å². The Kier molecular flexibility index (Phi) is 5.11. The zero-order chi connectivity index (χ0) is 26.5. The summed E-state index contributed by atoms with van der Waals surface area (Å²) in [4.78, 5) is 50.2. The Morgan fingerprint density at radius 1 is 1.00 bits per heavy atom. The van der Waals surface area contributed by atoms with Crippen molar-refractivity contribution in [3.63, 3.8) is 0 Å². The van der Waals surface area contributed by atoms with Crippen molar-refractivity contribution < 1.29 is 33.4 Å². The summed E-state index contributed by atoms with van der Waals surface area (Å²) in [6, 6.07) is 0. The van der Waals surface area contributed by atoms with Gasteiger partial charge < -0.3 is 14.2 Å². The maximum atomic E-state index is 13.5. The third-order valence-corrected chi connectivity index (χ3v) is 11.3. The largest absolute Gasteiger partial charge is 0.463 e. The van der Waals surface area contributed by atoms with Gasteiger partial charge in [0.05, 0.1) is 18.1 Å². The van der Waals surface area contributed by atoms with Crippen LogP contribution in [0.15, 0.2) is 35.6 Å². The summed E-state index contributed by atoms with van der Waals surface area (Å²) in [5.41, 5.74) is 0.625. The van der Waals surface area contributed by atoms with Crippen molar-refractivity contribution in [3.8, 4) is 0 Å². The van der Waals surface area contributed by atoms with Crippen molar-refractivity contribution in [1.29, 1.82) is 0 Å². The van der Waals surface area contributed by atoms with E-state index in [1.165, 1.54) is 19.4 Å². The number of cyclic esters (lactones) is 2. The molecule has 0 aromatic carbocycles. The van der Waals surface area contributed by atoms with Gasteiger partial charge in [-0.1, -0.05) is 37.6 Å². The number of hydrogen-bond donors (Lipinski definition) is 0. The van der Waals surface area contributed by atoms with E-state index in [0.717, 1.165) is 37.7 Å². The van der Waals surface area contributed by atoms with E-state index in [0.29, 0.717) is 6.42 Å². The van der Waals surface area contributed by atoms with E-state index in [9.17, 15) is 19.2 Å². The highest BCUT2D eigenvalue weighted by Gasteiger charge is 2.79. The van der Waals surface area contributed by atoms with Gasteiger partial charge in [0.25, 0.3) is 0 Å². The summed E-state index contributed by atoms with van der Waals surface area (Å²) >= 11 is 0. The van der Waals surface area contributed by atoms with Crippen LogP contribution in [-0.2, 0) is 33.4 Å². The molecule has 7 nitrogen and oxygen atoms in total. The molecule has 0 unspecified atom stereocenters. The molecule has 6 aliphatic carbocycles. The second kappa shape index (κ2) is 7.67. The third kappa shape index (κ3) is 2.89. The quantitative estimate of drug-likeness (QED) is 0.177. The van der Waals surface area contributed by atoms with Gasteiger partial charge in [-0.25, -0.2) is 0 Å². The summed E-state index contributed by atoms with van der Waals surface area (Å²) < 4.78 is 16.4. The molecule has 37 heavy (non-hydrogen) atoms. The molecule has 0 N–H and O–H groups in total. The molecular weight excluding hydrogens is 472 g/mol. The molecule has 7 rings (SSSR count). The summed E-state index contributed by atoms with van der Waals surface area (Å²) in [6.07, 6.45) is 12.9. The number of carbonyl (C=O) groups is 4. The fourth-order valence-electron chi connectivity index (χ4n) is 10.1. The summed E-state index contributed by atoms with van der Waals surface area (Å²) in [5.74, 6) is -2.31. The van der Waals surface area contributed by atoms with Gasteiger partial charge in [-0.05, 0) is 73.7 Å². The standard InChI is InChI=1S/C30H36O7/c1-16(15-35-17(2)31)20-6-7-21-27(20,4)10-9-22-28(5)11-8-19(36-18(3)32)14-29(28)12-13-30(21,22)24-23(29)25(33)37-26(24)34/h9,12-13,15,19-21,23-24H,6-8,10-11,14H2,1-5H3/b16-15-/t19-,20+,21-,23+,24-,27-,28-,29-,30-/m1/s1. The fourth-order valence-corrected chi connectivity index (χ4v) is 10.1. The van der Waals surface area contributed by atoms with Crippen LogP contribution in [0.1, 0.15) is 73.1 Å². The van der Waals surface area contributed by atoms with Gasteiger partial charge in [-0.2, -0.15) is 0 Å². The molecule has 3 saturated carbocycles. The topological polar surface area (TPSA) is 96.0 Å². The molecule has 2 spiro atoms. The van der Waals surface area contributed by atoms with Crippen LogP contribution in [0.4, 0.5) is 0 Å². The van der Waals surface area contributed by atoms with Crippen LogP contribution in [0, 0.1) is 45.3 Å². The van der Waals surface area contributed by atoms with Crippen molar-refractivity contribution in [3.05, 3.63) is 35.6 Å². The highest BCUT2D eigenvalue weighted by molar-refractivity contribution is 5.99. The minimum absolute atomic E-state index is 0.147. The molecule has 7 heteroatoms. The SMILES string of the molecule is CC(=O)O/C=C(/C)[C@@H]1CC[C@@H]2[C@]1(C)CC=C1[C@@]23C=C[C@@]2(C[C@H](OC(C)=O)CC[C@]12C)[C@@H]1C(=O)OC(=O)[C@@H]13. The van der Waals surface area contributed by atoms with Crippen molar-refractivity contribution in [2.24, 2.45) is 45.3 Å². The highest BCUT2D eigenvalue weighted by Crippen LogP contribution is 2.80. The molecule has 1 aliphatic heterocycles. The smallest absolute Gasteiger partial charge is 0.318 e. The minimum Gasteiger partial charge on any atom is -0.463 e. The lowest BCUT2D eigenvalue weighted by Gasteiger charge is -2.71. The number of rotatable bonds is 3. The first-order valence-corrected chi connectivity index (χ1v) is 13.6. The van der Waals surface area contributed by atoms with Crippen LogP contribution in [0.3, 0.4) is 0 Å². The van der Waals surface area contributed by atoms with Gasteiger partial charge in [-0.15, -0.1) is 0 Å². The van der Waals surface area contributed by atoms with Crippen LogP contribution < -0.4 is 0 Å². The van der Waals surface area contributed by atoms with E-state index in [1.807, 2.05) is 6.92 Å². The monoisotopic (exact) mass is 508 g/mol. The Labute approximate surface area is 217 Å². The third-order valence-electron chi connectivity index (χ3n) is 11.3. The normalized spacial score (nSPS) is 47.3. The lowest BCUT2D eigenvalue weighted by atomic mass is 9.31. The molecule has 0 radical (unpaired) electrons. The summed E-state index contributed by atoms with van der Waals surface area (Å²) in [6.45, 7) is 9.40. The molecule has 0 amide bonds. The Hall–Kier alpha value is -2.70. The summed E-state index contributed by atoms with van der Waals surface area (Å²) in [7, 11) is 0. The maximum absolute atomic E-state index is 13.5. The van der Waals surface area contributed by atoms with Gasteiger partial charge in [0.1, 0.15) is 6.10 Å². The van der Waals surface area contributed by atoms with E-state index in [1.54, 1.807) is 6.26 Å². The second-order valence-corrected chi connectivity index (χ2v) is 12.8. The van der Waals surface area contributed by atoms with Crippen LogP contribution >= 0.6 is 0 Å². The van der Waals surface area contributed by atoms with E-state index >= 15 is 0 Å². The molecule has 7 aliphatic rings. The fraction of sp³-hybridized carbons (Fsp3) is 0.667. The van der Waals surface area contributed by atoms with Gasteiger partial charge >= 0.3 is 23.9 Å². The predicted octanol–water partition coefficient (Wildman–Crippen LogP) is 4.81. The molecular formula is C30H36O7. The number of esters is 4. The van der Waals surface area contributed by atoms with Gasteiger partial charge in [0.15, 0.2) is 0 Å². The average molecular weight is 509 g/mol. The molecule has 2 bridgehead atoms. The molecule has 1 saturated heterocycles. The Morgan fingerprint density at radius 3 is 2.43 bits per heavy atom. The molecule has 0 aromatic heterocycles. The maximum Gasteiger partial charge on any atom is 0.318 e. The zero-order valence-corrected chi connectivity index (χ0v) is 22.3. The first-order valence-electron chi connectivity index (χ1n) is 13.6. The molecule has 198 valence electrons. The predicted molar refractivity (Wildman–Crippen MR) is 132 cm³/mol. The number of ether oxygens (including phenoxy) is 3. The highest BCUT2D eigenvalue weighted by atomic mass is 16.6. The second-order valence-electron chi connectivity index (χ2n) is 12.8. The number of allylic oxidation sites excluding steroid dienone is 5. The Bertz CT molecular complexity index is 1210. The van der Waals surface area contributed by atoms with Gasteiger partial charge in [-0.3, -0.25) is 19.2 Å².